The third-order valence-electron chi connectivity index (χ3n) is 2.50. The first-order valence-electron chi connectivity index (χ1n) is 6.07. The number of benzene rings is 1. The summed E-state index contributed by atoms with van der Waals surface area (Å²) < 4.78 is 10.4. The highest BCUT2D eigenvalue weighted by molar-refractivity contribution is 5.93. The van der Waals surface area contributed by atoms with Gasteiger partial charge in [0.15, 0.2) is 6.10 Å². The van der Waals surface area contributed by atoms with Crippen molar-refractivity contribution in [3.05, 3.63) is 42.7 Å². The maximum atomic E-state index is 11.9. The summed E-state index contributed by atoms with van der Waals surface area (Å²) in [5.41, 5.74) is 0.485. The number of ether oxygens (including phenoxy) is 2. The Kier molecular flexibility index (Phi) is 4.49. The topological polar surface area (TPSA) is 73.3 Å². The molecule has 1 N–H and O–H groups in total. The second kappa shape index (κ2) is 6.51. The molecular formula is C14H15N3O3. The van der Waals surface area contributed by atoms with Crippen molar-refractivity contribution >= 4 is 11.6 Å². The number of carbonyl (C=O) groups is 1. The first-order chi connectivity index (χ1) is 9.69. The van der Waals surface area contributed by atoms with Gasteiger partial charge in [0.1, 0.15) is 5.75 Å². The van der Waals surface area contributed by atoms with Crippen molar-refractivity contribution in [1.29, 1.82) is 0 Å². The zero-order valence-corrected chi connectivity index (χ0v) is 11.2. The summed E-state index contributed by atoms with van der Waals surface area (Å²) in [6, 6.07) is 9.40. The lowest BCUT2D eigenvalue weighted by Gasteiger charge is -2.14. The second-order valence-electron chi connectivity index (χ2n) is 4.02. The molecule has 0 saturated carbocycles. The quantitative estimate of drug-likeness (QED) is 0.900. The van der Waals surface area contributed by atoms with E-state index in [1.54, 1.807) is 19.1 Å². The molecule has 0 aliphatic rings. The molecule has 6 nitrogen and oxygen atoms in total. The maximum Gasteiger partial charge on any atom is 0.316 e. The Labute approximate surface area is 116 Å². The highest BCUT2D eigenvalue weighted by Crippen LogP contribution is 2.12. The predicted molar refractivity (Wildman–Crippen MR) is 73.7 cm³/mol. The van der Waals surface area contributed by atoms with Crippen LogP contribution >= 0.6 is 0 Å². The van der Waals surface area contributed by atoms with Gasteiger partial charge in [0.05, 0.1) is 25.2 Å². The number of hydrogen-bond acceptors (Lipinski definition) is 5. The average Bonchev–Trinajstić information content (AvgIpc) is 2.49. The molecule has 20 heavy (non-hydrogen) atoms. The van der Waals surface area contributed by atoms with Crippen LogP contribution in [0.2, 0.25) is 0 Å². The van der Waals surface area contributed by atoms with Gasteiger partial charge in [-0.1, -0.05) is 18.2 Å². The molecule has 1 aromatic heterocycles. The Balaban J connectivity index is 1.93. The molecule has 2 aromatic rings. The Morgan fingerprint density at radius 3 is 2.45 bits per heavy atom. The molecular weight excluding hydrogens is 258 g/mol. The van der Waals surface area contributed by atoms with Crippen LogP contribution in [0.1, 0.15) is 6.92 Å². The predicted octanol–water partition coefficient (Wildman–Crippen LogP) is 1.89. The number of para-hydroxylation sites is 1. The minimum absolute atomic E-state index is 0.247. The molecule has 0 aliphatic heterocycles. The largest absolute Gasteiger partial charge is 0.481 e. The Morgan fingerprint density at radius 2 is 1.85 bits per heavy atom. The zero-order valence-electron chi connectivity index (χ0n) is 11.2. The van der Waals surface area contributed by atoms with Crippen LogP contribution in [0.4, 0.5) is 5.69 Å². The van der Waals surface area contributed by atoms with Crippen molar-refractivity contribution in [3.63, 3.8) is 0 Å². The molecule has 1 heterocycles. The summed E-state index contributed by atoms with van der Waals surface area (Å²) in [5, 5.41) is 2.67. The average molecular weight is 273 g/mol. The van der Waals surface area contributed by atoms with Crippen molar-refractivity contribution in [2.75, 3.05) is 12.4 Å². The maximum absolute atomic E-state index is 11.9. The summed E-state index contributed by atoms with van der Waals surface area (Å²) in [5.74, 6) is 0.365. The van der Waals surface area contributed by atoms with Crippen LogP contribution < -0.4 is 14.8 Å². The fraction of sp³-hybridized carbons (Fsp3) is 0.214. The van der Waals surface area contributed by atoms with E-state index >= 15 is 0 Å². The molecule has 1 amide bonds. The lowest BCUT2D eigenvalue weighted by Crippen LogP contribution is -2.30. The molecule has 0 aliphatic carbocycles. The number of aromatic nitrogens is 2. The fourth-order valence-electron chi connectivity index (χ4n) is 1.49. The molecule has 0 bridgehead atoms. The van der Waals surface area contributed by atoms with E-state index in [9.17, 15) is 4.79 Å². The number of rotatable bonds is 5. The summed E-state index contributed by atoms with van der Waals surface area (Å²) in [4.78, 5) is 19.8. The Bertz CT molecular complexity index is 558. The molecule has 1 atom stereocenters. The molecule has 0 saturated heterocycles. The number of anilines is 1. The molecule has 104 valence electrons. The number of nitrogens with one attached hydrogen (secondary N) is 1. The number of nitrogens with zero attached hydrogens (tertiary/aromatic N) is 2. The van der Waals surface area contributed by atoms with Gasteiger partial charge in [-0.05, 0) is 19.1 Å². The second-order valence-corrected chi connectivity index (χ2v) is 4.02. The highest BCUT2D eigenvalue weighted by Gasteiger charge is 2.15. The lowest BCUT2D eigenvalue weighted by molar-refractivity contribution is -0.122. The summed E-state index contributed by atoms with van der Waals surface area (Å²) in [6.07, 6.45) is 2.32. The normalized spacial score (nSPS) is 11.5. The minimum Gasteiger partial charge on any atom is -0.481 e. The van der Waals surface area contributed by atoms with E-state index in [0.717, 1.165) is 0 Å². The molecule has 0 spiro atoms. The first kappa shape index (κ1) is 13.8. The molecule has 0 radical (unpaired) electrons. The molecule has 1 aromatic carbocycles. The van der Waals surface area contributed by atoms with Crippen molar-refractivity contribution in [2.24, 2.45) is 0 Å². The van der Waals surface area contributed by atoms with E-state index in [0.29, 0.717) is 11.4 Å². The molecule has 6 heteroatoms. The van der Waals surface area contributed by atoms with Crippen LogP contribution in [-0.2, 0) is 4.79 Å². The molecule has 0 fully saturated rings. The fourth-order valence-corrected chi connectivity index (χ4v) is 1.49. The van der Waals surface area contributed by atoms with Crippen molar-refractivity contribution in [1.82, 2.24) is 9.97 Å². The van der Waals surface area contributed by atoms with E-state index in [2.05, 4.69) is 15.3 Å². The van der Waals surface area contributed by atoms with E-state index in [-0.39, 0.29) is 11.9 Å². The third kappa shape index (κ3) is 3.68. The molecule has 2 rings (SSSR count). The Hall–Kier alpha value is -2.63. The number of hydrogen-bond donors (Lipinski definition) is 1. The van der Waals surface area contributed by atoms with Crippen molar-refractivity contribution in [2.45, 2.75) is 13.0 Å². The van der Waals surface area contributed by atoms with Crippen molar-refractivity contribution < 1.29 is 14.3 Å². The van der Waals surface area contributed by atoms with E-state index < -0.39 is 6.10 Å². The van der Waals surface area contributed by atoms with E-state index in [1.807, 2.05) is 18.2 Å². The van der Waals surface area contributed by atoms with Crippen LogP contribution in [-0.4, -0.2) is 29.1 Å². The van der Waals surface area contributed by atoms with Crippen LogP contribution in [0, 0.1) is 0 Å². The lowest BCUT2D eigenvalue weighted by atomic mass is 10.3. The van der Waals surface area contributed by atoms with Gasteiger partial charge in [-0.2, -0.15) is 0 Å². The minimum atomic E-state index is -0.625. The van der Waals surface area contributed by atoms with Gasteiger partial charge in [0.25, 0.3) is 5.91 Å². The zero-order chi connectivity index (χ0) is 14.4. The smallest absolute Gasteiger partial charge is 0.316 e. The number of carbonyl (C=O) groups excluding carboxylic acids is 1. The van der Waals surface area contributed by atoms with Crippen LogP contribution in [0.5, 0.6) is 11.8 Å². The SMILES string of the molecule is COc1ncc(NC(=O)C(C)Oc2ccccc2)cn1. The van der Waals surface area contributed by atoms with Crippen LogP contribution in [0.15, 0.2) is 42.7 Å². The van der Waals surface area contributed by atoms with Gasteiger partial charge >= 0.3 is 6.01 Å². The van der Waals surface area contributed by atoms with Crippen LogP contribution in [0.25, 0.3) is 0 Å². The van der Waals surface area contributed by atoms with E-state index in [4.69, 9.17) is 9.47 Å². The van der Waals surface area contributed by atoms with Crippen molar-refractivity contribution in [3.8, 4) is 11.8 Å². The van der Waals surface area contributed by atoms with Gasteiger partial charge in [-0.25, -0.2) is 9.97 Å². The monoisotopic (exact) mass is 273 g/mol. The number of methoxy groups -OCH3 is 1. The van der Waals surface area contributed by atoms with E-state index in [1.165, 1.54) is 19.5 Å². The highest BCUT2D eigenvalue weighted by atomic mass is 16.5. The number of amides is 1. The first-order valence-corrected chi connectivity index (χ1v) is 6.07. The molecule has 1 unspecified atom stereocenters. The van der Waals surface area contributed by atoms with Gasteiger partial charge in [0, 0.05) is 0 Å². The summed E-state index contributed by atoms with van der Waals surface area (Å²) in [6.45, 7) is 1.67. The van der Waals surface area contributed by atoms with Crippen LogP contribution in [0.3, 0.4) is 0 Å². The van der Waals surface area contributed by atoms with Gasteiger partial charge in [-0.15, -0.1) is 0 Å². The third-order valence-corrected chi connectivity index (χ3v) is 2.50. The Morgan fingerprint density at radius 1 is 1.20 bits per heavy atom. The summed E-state index contributed by atoms with van der Waals surface area (Å²) in [7, 11) is 1.48. The van der Waals surface area contributed by atoms with Gasteiger partial charge < -0.3 is 14.8 Å². The van der Waals surface area contributed by atoms with Gasteiger partial charge in [-0.3, -0.25) is 4.79 Å². The van der Waals surface area contributed by atoms with Gasteiger partial charge in [0.2, 0.25) is 0 Å². The summed E-state index contributed by atoms with van der Waals surface area (Å²) >= 11 is 0. The standard InChI is InChI=1S/C14H15N3O3/c1-10(20-12-6-4-3-5-7-12)13(18)17-11-8-15-14(19-2)16-9-11/h3-10H,1-2H3,(H,17,18).